The van der Waals surface area contributed by atoms with Crippen LogP contribution in [-0.4, -0.2) is 22.7 Å². The summed E-state index contributed by atoms with van der Waals surface area (Å²) in [5.74, 6) is 0.692. The van der Waals surface area contributed by atoms with Gasteiger partial charge in [0.25, 0.3) is 0 Å². The number of pyridine rings is 1. The van der Waals surface area contributed by atoms with Gasteiger partial charge in [0.1, 0.15) is 11.0 Å². The van der Waals surface area contributed by atoms with Gasteiger partial charge < -0.3 is 10.4 Å². The molecule has 0 aliphatic carbocycles. The maximum absolute atomic E-state index is 9.03. The number of aliphatic hydroxyl groups excluding tert-OH is 1. The van der Waals surface area contributed by atoms with Crippen LogP contribution in [0.5, 0.6) is 0 Å². The largest absolute Gasteiger partial charge is 0.392 e. The molecule has 0 fully saturated rings. The highest BCUT2D eigenvalue weighted by atomic mass is 127. The monoisotopic (exact) mass is 312 g/mol. The number of hydrogen-bond donors (Lipinski definition) is 2. The first-order valence-electron chi connectivity index (χ1n) is 3.83. The molecule has 13 heavy (non-hydrogen) atoms. The first-order chi connectivity index (χ1) is 6.08. The fraction of sp³-hybridized carbons (Fsp3) is 0.375. The number of anilines is 1. The van der Waals surface area contributed by atoms with Crippen molar-refractivity contribution >= 4 is 40.0 Å². The maximum Gasteiger partial charge on any atom is 0.132 e. The molecule has 1 aromatic heterocycles. The summed E-state index contributed by atoms with van der Waals surface area (Å²) >= 11 is 7.91. The van der Waals surface area contributed by atoms with Crippen molar-refractivity contribution in [3.05, 3.63) is 20.9 Å². The Bertz CT molecular complexity index is 273. The number of nitrogens with zero attached hydrogens (tertiary/aromatic N) is 1. The Balaban J connectivity index is 2.66. The summed E-state index contributed by atoms with van der Waals surface area (Å²) in [5.41, 5.74) is 0. The van der Waals surface area contributed by atoms with E-state index < -0.39 is 6.10 Å². The fourth-order valence-electron chi connectivity index (χ4n) is 0.809. The summed E-state index contributed by atoms with van der Waals surface area (Å²) in [6.07, 6.45) is -0.390. The third-order valence-corrected chi connectivity index (χ3v) is 2.15. The van der Waals surface area contributed by atoms with E-state index in [9.17, 15) is 0 Å². The predicted octanol–water partition coefficient (Wildman–Crippen LogP) is 2.13. The molecule has 3 nitrogen and oxygen atoms in total. The Morgan fingerprint density at radius 3 is 2.92 bits per heavy atom. The Labute approximate surface area is 95.7 Å². The molecule has 0 saturated carbocycles. The molecule has 0 aliphatic rings. The van der Waals surface area contributed by atoms with Gasteiger partial charge in [0, 0.05) is 10.1 Å². The van der Waals surface area contributed by atoms with Gasteiger partial charge in [-0.25, -0.2) is 4.98 Å². The smallest absolute Gasteiger partial charge is 0.132 e. The summed E-state index contributed by atoms with van der Waals surface area (Å²) in [4.78, 5) is 4.04. The lowest BCUT2D eigenvalue weighted by atomic mass is 10.4. The van der Waals surface area contributed by atoms with Crippen molar-refractivity contribution in [1.29, 1.82) is 0 Å². The molecule has 0 bridgehead atoms. The van der Waals surface area contributed by atoms with Crippen molar-refractivity contribution in [3.8, 4) is 0 Å². The molecule has 1 atom stereocenters. The van der Waals surface area contributed by atoms with E-state index in [4.69, 9.17) is 16.7 Å². The van der Waals surface area contributed by atoms with Gasteiger partial charge in [-0.3, -0.25) is 0 Å². The third kappa shape index (κ3) is 4.10. The SMILES string of the molecule is C[C@@H](O)CNc1cc(I)cc(Cl)n1. The number of hydrogen-bond acceptors (Lipinski definition) is 3. The summed E-state index contributed by atoms with van der Waals surface area (Å²) in [7, 11) is 0. The summed E-state index contributed by atoms with van der Waals surface area (Å²) in [6.45, 7) is 2.19. The van der Waals surface area contributed by atoms with Crippen LogP contribution in [0.25, 0.3) is 0 Å². The molecule has 0 aromatic carbocycles. The zero-order valence-corrected chi connectivity index (χ0v) is 10.0. The zero-order valence-electron chi connectivity index (χ0n) is 7.09. The second-order valence-electron chi connectivity index (χ2n) is 2.72. The topological polar surface area (TPSA) is 45.1 Å². The first kappa shape index (κ1) is 11.0. The van der Waals surface area contributed by atoms with E-state index in [1.54, 1.807) is 13.0 Å². The minimum atomic E-state index is -0.390. The molecule has 1 rings (SSSR count). The molecule has 0 amide bonds. The van der Waals surface area contributed by atoms with E-state index in [-0.39, 0.29) is 0 Å². The standard InChI is InChI=1S/C8H10ClIN2O/c1-5(13)4-11-8-3-6(10)2-7(9)12-8/h2-3,5,13H,4H2,1H3,(H,11,12)/t5-/m1/s1. The number of rotatable bonds is 3. The highest BCUT2D eigenvalue weighted by Gasteiger charge is 2.00. The Morgan fingerprint density at radius 2 is 2.38 bits per heavy atom. The van der Waals surface area contributed by atoms with Crippen LogP contribution in [-0.2, 0) is 0 Å². The maximum atomic E-state index is 9.03. The van der Waals surface area contributed by atoms with Gasteiger partial charge in [-0.1, -0.05) is 11.6 Å². The molecule has 1 heterocycles. The summed E-state index contributed by atoms with van der Waals surface area (Å²) in [6, 6.07) is 3.64. The fourth-order valence-corrected chi connectivity index (χ4v) is 1.79. The molecule has 5 heteroatoms. The van der Waals surface area contributed by atoms with E-state index in [0.717, 1.165) is 3.57 Å². The van der Waals surface area contributed by atoms with Crippen LogP contribution < -0.4 is 5.32 Å². The van der Waals surface area contributed by atoms with Gasteiger partial charge in [-0.2, -0.15) is 0 Å². The van der Waals surface area contributed by atoms with E-state index in [1.807, 2.05) is 6.07 Å². The lowest BCUT2D eigenvalue weighted by Crippen LogP contribution is -2.16. The van der Waals surface area contributed by atoms with E-state index >= 15 is 0 Å². The molecule has 72 valence electrons. The Kier molecular flexibility index (Phi) is 4.21. The molecular formula is C8H10ClIN2O. The molecule has 1 aromatic rings. The molecule has 0 aliphatic heterocycles. The number of aromatic nitrogens is 1. The third-order valence-electron chi connectivity index (χ3n) is 1.34. The van der Waals surface area contributed by atoms with Crippen LogP contribution in [0.3, 0.4) is 0 Å². The minimum Gasteiger partial charge on any atom is -0.392 e. The van der Waals surface area contributed by atoms with Crippen LogP contribution in [0.4, 0.5) is 5.82 Å². The van der Waals surface area contributed by atoms with Crippen LogP contribution in [0.2, 0.25) is 5.15 Å². The van der Waals surface area contributed by atoms with Crippen molar-refractivity contribution in [2.75, 3.05) is 11.9 Å². The summed E-state index contributed by atoms with van der Waals surface area (Å²) < 4.78 is 1.02. The van der Waals surface area contributed by atoms with Gasteiger partial charge in [0.15, 0.2) is 0 Å². The van der Waals surface area contributed by atoms with Gasteiger partial charge in [-0.15, -0.1) is 0 Å². The number of halogens is 2. The normalized spacial score (nSPS) is 12.6. The zero-order chi connectivity index (χ0) is 9.84. The Hall–Kier alpha value is -0.0700. The molecule has 0 spiro atoms. The van der Waals surface area contributed by atoms with Crippen LogP contribution in [0.1, 0.15) is 6.92 Å². The number of nitrogens with one attached hydrogen (secondary N) is 1. The molecular weight excluding hydrogens is 302 g/mol. The molecule has 0 radical (unpaired) electrons. The Morgan fingerprint density at radius 1 is 1.69 bits per heavy atom. The van der Waals surface area contributed by atoms with Crippen molar-refractivity contribution in [2.24, 2.45) is 0 Å². The predicted molar refractivity (Wildman–Crippen MR) is 62.1 cm³/mol. The lowest BCUT2D eigenvalue weighted by molar-refractivity contribution is 0.208. The van der Waals surface area contributed by atoms with Crippen LogP contribution >= 0.6 is 34.2 Å². The van der Waals surface area contributed by atoms with Crippen molar-refractivity contribution < 1.29 is 5.11 Å². The molecule has 2 N–H and O–H groups in total. The van der Waals surface area contributed by atoms with Crippen molar-refractivity contribution in [2.45, 2.75) is 13.0 Å². The van der Waals surface area contributed by atoms with E-state index in [1.165, 1.54) is 0 Å². The van der Waals surface area contributed by atoms with Crippen LogP contribution in [0, 0.1) is 3.57 Å². The van der Waals surface area contributed by atoms with Gasteiger partial charge >= 0.3 is 0 Å². The highest BCUT2D eigenvalue weighted by molar-refractivity contribution is 14.1. The van der Waals surface area contributed by atoms with Gasteiger partial charge in [0.2, 0.25) is 0 Å². The second kappa shape index (κ2) is 4.97. The average molecular weight is 313 g/mol. The van der Waals surface area contributed by atoms with E-state index in [0.29, 0.717) is 17.5 Å². The summed E-state index contributed by atoms with van der Waals surface area (Å²) in [5, 5.41) is 12.5. The molecule has 0 saturated heterocycles. The van der Waals surface area contributed by atoms with Crippen LogP contribution in [0.15, 0.2) is 12.1 Å². The number of aliphatic hydroxyl groups is 1. The van der Waals surface area contributed by atoms with Gasteiger partial charge in [0.05, 0.1) is 6.10 Å². The average Bonchev–Trinajstić information content (AvgIpc) is 1.99. The van der Waals surface area contributed by atoms with E-state index in [2.05, 4.69) is 32.9 Å². The van der Waals surface area contributed by atoms with Crippen molar-refractivity contribution in [3.63, 3.8) is 0 Å². The first-order valence-corrected chi connectivity index (χ1v) is 5.28. The highest BCUT2D eigenvalue weighted by Crippen LogP contribution is 2.15. The quantitative estimate of drug-likeness (QED) is 0.664. The molecule has 0 unspecified atom stereocenters. The minimum absolute atomic E-state index is 0.390. The lowest BCUT2D eigenvalue weighted by Gasteiger charge is -2.07. The van der Waals surface area contributed by atoms with Crippen molar-refractivity contribution in [1.82, 2.24) is 4.98 Å². The second-order valence-corrected chi connectivity index (χ2v) is 4.36. The van der Waals surface area contributed by atoms with Gasteiger partial charge in [-0.05, 0) is 41.6 Å².